The zero-order valence-corrected chi connectivity index (χ0v) is 21.7. The largest absolute Gasteiger partial charge is 0.379 e. The van der Waals surface area contributed by atoms with Gasteiger partial charge in [-0.25, -0.2) is 4.98 Å². The van der Waals surface area contributed by atoms with Gasteiger partial charge in [-0.3, -0.25) is 9.89 Å². The van der Waals surface area contributed by atoms with Crippen LogP contribution in [0.3, 0.4) is 0 Å². The summed E-state index contributed by atoms with van der Waals surface area (Å²) < 4.78 is 7.87. The van der Waals surface area contributed by atoms with Crippen molar-refractivity contribution in [1.29, 1.82) is 0 Å². The number of guanidine groups is 1. The van der Waals surface area contributed by atoms with Crippen LogP contribution in [0, 0.1) is 6.92 Å². The maximum Gasteiger partial charge on any atom is 0.191 e. The van der Waals surface area contributed by atoms with E-state index in [0.717, 1.165) is 69.7 Å². The van der Waals surface area contributed by atoms with Crippen LogP contribution in [0.1, 0.15) is 18.7 Å². The molecule has 4 rings (SSSR count). The molecule has 0 amide bonds. The zero-order valence-electron chi connectivity index (χ0n) is 18.6. The van der Waals surface area contributed by atoms with Crippen LogP contribution in [-0.4, -0.2) is 83.9 Å². The monoisotopic (exact) mass is 558 g/mol. The number of para-hydroxylation sites is 2. The topological polar surface area (TPSA) is 66.7 Å². The molecule has 0 bridgehead atoms. The Labute approximate surface area is 206 Å². The Hall–Kier alpha value is -1.04. The molecule has 0 saturated carbocycles. The van der Waals surface area contributed by atoms with Crippen molar-refractivity contribution in [2.45, 2.75) is 31.8 Å². The number of nitrogens with one attached hydrogen (secondary N) is 2. The van der Waals surface area contributed by atoms with E-state index in [-0.39, 0.29) is 29.5 Å². The van der Waals surface area contributed by atoms with E-state index in [1.54, 1.807) is 0 Å². The number of hydrogen-bond acceptors (Lipinski definition) is 5. The van der Waals surface area contributed by atoms with Crippen LogP contribution in [-0.2, 0) is 11.3 Å². The molecular formula is C22H35IN6OS. The standard InChI is InChI=1S/C22H34N6OS.HI/c1-18-26-19-6-3-4-7-20(19)28(18)10-5-9-24-21(23-2)25-16-22(8-15-30-17-22)27-11-13-29-14-12-27;/h3-4,6-7H,5,8-17H2,1-2H3,(H2,23,24,25);1H. The van der Waals surface area contributed by atoms with Crippen molar-refractivity contribution in [2.24, 2.45) is 4.99 Å². The van der Waals surface area contributed by atoms with Crippen molar-refractivity contribution < 1.29 is 4.74 Å². The van der Waals surface area contributed by atoms with Gasteiger partial charge in [0.15, 0.2) is 5.96 Å². The van der Waals surface area contributed by atoms with Gasteiger partial charge in [0.05, 0.1) is 24.2 Å². The highest BCUT2D eigenvalue weighted by molar-refractivity contribution is 14.0. The third-order valence-electron chi connectivity index (χ3n) is 6.27. The average Bonchev–Trinajstić information content (AvgIpc) is 3.39. The second-order valence-electron chi connectivity index (χ2n) is 8.13. The number of thioether (sulfide) groups is 1. The number of morpholine rings is 1. The lowest BCUT2D eigenvalue weighted by Gasteiger charge is -2.43. The van der Waals surface area contributed by atoms with Crippen molar-refractivity contribution >= 4 is 52.7 Å². The summed E-state index contributed by atoms with van der Waals surface area (Å²) in [6.07, 6.45) is 2.25. The first-order valence-electron chi connectivity index (χ1n) is 11.0. The van der Waals surface area contributed by atoms with Crippen molar-refractivity contribution in [2.75, 3.05) is 57.9 Å². The fourth-order valence-electron chi connectivity index (χ4n) is 4.53. The molecule has 9 heteroatoms. The Morgan fingerprint density at radius 1 is 1.26 bits per heavy atom. The summed E-state index contributed by atoms with van der Waals surface area (Å²) in [7, 11) is 1.85. The highest BCUT2D eigenvalue weighted by Crippen LogP contribution is 2.33. The van der Waals surface area contributed by atoms with E-state index in [1.807, 2.05) is 13.1 Å². The first-order chi connectivity index (χ1) is 14.7. The van der Waals surface area contributed by atoms with Crippen LogP contribution in [0.15, 0.2) is 29.3 Å². The quantitative estimate of drug-likeness (QED) is 0.236. The van der Waals surface area contributed by atoms with Crippen LogP contribution in [0.2, 0.25) is 0 Å². The van der Waals surface area contributed by atoms with E-state index >= 15 is 0 Å². The molecule has 1 aromatic heterocycles. The fraction of sp³-hybridized carbons (Fsp3) is 0.636. The Balaban J connectivity index is 0.00000272. The lowest BCUT2D eigenvalue weighted by Crippen LogP contribution is -2.60. The highest BCUT2D eigenvalue weighted by Gasteiger charge is 2.40. The van der Waals surface area contributed by atoms with E-state index in [4.69, 9.17) is 4.74 Å². The zero-order chi connectivity index (χ0) is 20.8. The van der Waals surface area contributed by atoms with Gasteiger partial charge in [0.1, 0.15) is 5.82 Å². The van der Waals surface area contributed by atoms with E-state index < -0.39 is 0 Å². The number of halogens is 1. The summed E-state index contributed by atoms with van der Waals surface area (Å²) in [6.45, 7) is 8.61. The maximum atomic E-state index is 5.57. The van der Waals surface area contributed by atoms with Crippen molar-refractivity contribution in [1.82, 2.24) is 25.1 Å². The number of hydrogen-bond donors (Lipinski definition) is 2. The van der Waals surface area contributed by atoms with Gasteiger partial charge in [-0.15, -0.1) is 24.0 Å². The molecule has 0 aliphatic carbocycles. The van der Waals surface area contributed by atoms with E-state index in [9.17, 15) is 0 Å². The lowest BCUT2D eigenvalue weighted by molar-refractivity contribution is -0.0120. The van der Waals surface area contributed by atoms with Gasteiger partial charge in [-0.2, -0.15) is 11.8 Å². The number of fused-ring (bicyclic) bond motifs is 1. The average molecular weight is 559 g/mol. The minimum atomic E-state index is 0. The number of rotatable bonds is 7. The third kappa shape index (κ3) is 5.85. The molecule has 1 atom stereocenters. The van der Waals surface area contributed by atoms with Crippen LogP contribution >= 0.6 is 35.7 Å². The molecule has 3 heterocycles. The number of imidazole rings is 1. The number of aromatic nitrogens is 2. The smallest absolute Gasteiger partial charge is 0.191 e. The molecule has 1 aromatic carbocycles. The number of nitrogens with zero attached hydrogens (tertiary/aromatic N) is 4. The van der Waals surface area contributed by atoms with Gasteiger partial charge in [-0.05, 0) is 37.7 Å². The second-order valence-corrected chi connectivity index (χ2v) is 9.24. The second kappa shape index (κ2) is 11.7. The number of benzene rings is 1. The molecule has 1 unspecified atom stereocenters. The summed E-state index contributed by atoms with van der Waals surface area (Å²) in [6, 6.07) is 8.35. The highest BCUT2D eigenvalue weighted by atomic mass is 127. The summed E-state index contributed by atoms with van der Waals surface area (Å²) in [5.41, 5.74) is 2.51. The summed E-state index contributed by atoms with van der Waals surface area (Å²) >= 11 is 2.06. The molecule has 2 N–H and O–H groups in total. The predicted octanol–water partition coefficient (Wildman–Crippen LogP) is 2.73. The van der Waals surface area contributed by atoms with Gasteiger partial charge in [0.2, 0.25) is 0 Å². The van der Waals surface area contributed by atoms with E-state index in [1.165, 1.54) is 23.4 Å². The molecule has 2 aliphatic rings. The lowest BCUT2D eigenvalue weighted by atomic mass is 9.95. The number of ether oxygens (including phenoxy) is 1. The third-order valence-corrected chi connectivity index (χ3v) is 7.50. The normalized spacial score (nSPS) is 22.5. The molecule has 2 fully saturated rings. The molecule has 172 valence electrons. The summed E-state index contributed by atoms with van der Waals surface area (Å²) in [5.74, 6) is 4.39. The van der Waals surface area contributed by atoms with Gasteiger partial charge in [-0.1, -0.05) is 12.1 Å². The van der Waals surface area contributed by atoms with Gasteiger partial charge >= 0.3 is 0 Å². The Morgan fingerprint density at radius 3 is 2.81 bits per heavy atom. The van der Waals surface area contributed by atoms with Crippen molar-refractivity contribution in [3.05, 3.63) is 30.1 Å². The minimum Gasteiger partial charge on any atom is -0.379 e. The van der Waals surface area contributed by atoms with Crippen LogP contribution in [0.5, 0.6) is 0 Å². The Morgan fingerprint density at radius 2 is 2.06 bits per heavy atom. The Kier molecular flexibility index (Phi) is 9.30. The van der Waals surface area contributed by atoms with Gasteiger partial charge < -0.3 is 19.9 Å². The first-order valence-corrected chi connectivity index (χ1v) is 12.1. The Bertz CT molecular complexity index is 861. The molecule has 0 spiro atoms. The molecule has 0 radical (unpaired) electrons. The van der Waals surface area contributed by atoms with Crippen molar-refractivity contribution in [3.8, 4) is 0 Å². The summed E-state index contributed by atoms with van der Waals surface area (Å²) in [5, 5.41) is 7.11. The molecular weight excluding hydrogens is 523 g/mol. The summed E-state index contributed by atoms with van der Waals surface area (Å²) in [4.78, 5) is 11.7. The van der Waals surface area contributed by atoms with Crippen LogP contribution < -0.4 is 10.6 Å². The SMILES string of the molecule is CN=C(NCCCn1c(C)nc2ccccc21)NCC1(N2CCOCC2)CCSC1.I. The molecule has 2 aromatic rings. The van der Waals surface area contributed by atoms with Crippen molar-refractivity contribution in [3.63, 3.8) is 0 Å². The maximum absolute atomic E-state index is 5.57. The molecule has 2 saturated heterocycles. The van der Waals surface area contributed by atoms with E-state index in [0.29, 0.717) is 0 Å². The molecule has 2 aliphatic heterocycles. The van der Waals surface area contributed by atoms with E-state index in [2.05, 4.69) is 67.0 Å². The minimum absolute atomic E-state index is 0. The molecule has 31 heavy (non-hydrogen) atoms. The van der Waals surface area contributed by atoms with Crippen LogP contribution in [0.25, 0.3) is 11.0 Å². The van der Waals surface area contributed by atoms with Gasteiger partial charge in [0.25, 0.3) is 0 Å². The molecule has 7 nitrogen and oxygen atoms in total. The predicted molar refractivity (Wildman–Crippen MR) is 141 cm³/mol. The van der Waals surface area contributed by atoms with Crippen LogP contribution in [0.4, 0.5) is 0 Å². The fourth-order valence-corrected chi connectivity index (χ4v) is 6.00. The number of aryl methyl sites for hydroxylation is 2. The first kappa shape index (κ1) is 24.6. The van der Waals surface area contributed by atoms with Gasteiger partial charge in [0, 0.05) is 51.1 Å². The number of aliphatic imine (C=N–C) groups is 1.